The fourth-order valence-electron chi connectivity index (χ4n) is 1.44. The normalized spacial score (nSPS) is 10.4. The van der Waals surface area contributed by atoms with Gasteiger partial charge < -0.3 is 15.0 Å². The summed E-state index contributed by atoms with van der Waals surface area (Å²) in [6.45, 7) is 7.83. The first kappa shape index (κ1) is 15.9. The van der Waals surface area contributed by atoms with Crippen molar-refractivity contribution in [2.45, 2.75) is 27.2 Å². The number of ether oxygens (including phenoxy) is 1. The van der Waals surface area contributed by atoms with Crippen LogP contribution in [0.1, 0.15) is 27.2 Å². The monoisotopic (exact) mass is 244 g/mol. The molecule has 0 saturated carbocycles. The topological polar surface area (TPSA) is 58.6 Å². The van der Waals surface area contributed by atoms with Gasteiger partial charge in [-0.25, -0.2) is 0 Å². The SMILES string of the molecule is COCCNC(=O)CCN(CC(C)C)C(C)=O. The van der Waals surface area contributed by atoms with Crippen LogP contribution in [0.3, 0.4) is 0 Å². The molecule has 0 unspecified atom stereocenters. The Bertz CT molecular complexity index is 242. The maximum absolute atomic E-state index is 11.4. The van der Waals surface area contributed by atoms with Gasteiger partial charge in [-0.3, -0.25) is 9.59 Å². The molecular formula is C12H24N2O3. The highest BCUT2D eigenvalue weighted by atomic mass is 16.5. The number of carbonyl (C=O) groups is 2. The highest BCUT2D eigenvalue weighted by Crippen LogP contribution is 2.00. The van der Waals surface area contributed by atoms with Crippen molar-refractivity contribution in [3.05, 3.63) is 0 Å². The molecule has 0 aromatic heterocycles. The Kier molecular flexibility index (Phi) is 8.40. The summed E-state index contributed by atoms with van der Waals surface area (Å²) in [7, 11) is 1.59. The summed E-state index contributed by atoms with van der Waals surface area (Å²) in [4.78, 5) is 24.5. The van der Waals surface area contributed by atoms with Crippen molar-refractivity contribution >= 4 is 11.8 Å². The molecule has 0 aromatic rings. The molecule has 0 aromatic carbocycles. The Morgan fingerprint density at radius 2 is 2.00 bits per heavy atom. The van der Waals surface area contributed by atoms with E-state index in [1.165, 1.54) is 6.92 Å². The fourth-order valence-corrected chi connectivity index (χ4v) is 1.44. The molecule has 100 valence electrons. The molecule has 0 aliphatic rings. The molecule has 5 heteroatoms. The number of rotatable bonds is 8. The van der Waals surface area contributed by atoms with E-state index in [1.807, 2.05) is 0 Å². The molecule has 17 heavy (non-hydrogen) atoms. The lowest BCUT2D eigenvalue weighted by atomic mass is 10.2. The van der Waals surface area contributed by atoms with Crippen molar-refractivity contribution in [2.75, 3.05) is 33.4 Å². The minimum atomic E-state index is -0.0444. The molecule has 1 N–H and O–H groups in total. The van der Waals surface area contributed by atoms with Crippen LogP contribution in [0, 0.1) is 5.92 Å². The third-order valence-corrected chi connectivity index (χ3v) is 2.27. The molecule has 0 atom stereocenters. The van der Waals surface area contributed by atoms with E-state index in [2.05, 4.69) is 19.2 Å². The second-order valence-electron chi connectivity index (χ2n) is 4.45. The molecule has 0 heterocycles. The summed E-state index contributed by atoms with van der Waals surface area (Å²) < 4.78 is 4.83. The van der Waals surface area contributed by atoms with E-state index in [0.717, 1.165) is 0 Å². The van der Waals surface area contributed by atoms with E-state index in [-0.39, 0.29) is 11.8 Å². The van der Waals surface area contributed by atoms with Crippen molar-refractivity contribution in [1.29, 1.82) is 0 Å². The van der Waals surface area contributed by atoms with Crippen LogP contribution in [0.2, 0.25) is 0 Å². The average molecular weight is 244 g/mol. The predicted molar refractivity (Wildman–Crippen MR) is 66.6 cm³/mol. The maximum atomic E-state index is 11.4. The second-order valence-corrected chi connectivity index (χ2v) is 4.45. The van der Waals surface area contributed by atoms with Crippen LogP contribution in [0.25, 0.3) is 0 Å². The van der Waals surface area contributed by atoms with Gasteiger partial charge in [-0.2, -0.15) is 0 Å². The lowest BCUT2D eigenvalue weighted by Crippen LogP contribution is -2.36. The summed E-state index contributed by atoms with van der Waals surface area (Å²) >= 11 is 0. The summed E-state index contributed by atoms with van der Waals surface area (Å²) in [5.41, 5.74) is 0. The second kappa shape index (κ2) is 8.98. The van der Waals surface area contributed by atoms with E-state index in [9.17, 15) is 9.59 Å². The summed E-state index contributed by atoms with van der Waals surface area (Å²) in [6.07, 6.45) is 0.343. The minimum absolute atomic E-state index is 0.0170. The van der Waals surface area contributed by atoms with Gasteiger partial charge in [0.2, 0.25) is 11.8 Å². The van der Waals surface area contributed by atoms with Gasteiger partial charge in [0.05, 0.1) is 6.61 Å². The smallest absolute Gasteiger partial charge is 0.221 e. The van der Waals surface area contributed by atoms with E-state index in [4.69, 9.17) is 4.74 Å². The van der Waals surface area contributed by atoms with Crippen molar-refractivity contribution < 1.29 is 14.3 Å². The molecule has 0 radical (unpaired) electrons. The number of amides is 2. The van der Waals surface area contributed by atoms with Crippen LogP contribution >= 0.6 is 0 Å². The van der Waals surface area contributed by atoms with E-state index >= 15 is 0 Å². The molecular weight excluding hydrogens is 220 g/mol. The van der Waals surface area contributed by atoms with Crippen molar-refractivity contribution in [1.82, 2.24) is 10.2 Å². The maximum Gasteiger partial charge on any atom is 0.221 e. The third kappa shape index (κ3) is 8.68. The molecule has 0 bridgehead atoms. The zero-order valence-electron chi connectivity index (χ0n) is 11.3. The van der Waals surface area contributed by atoms with Crippen LogP contribution in [0.5, 0.6) is 0 Å². The first-order valence-corrected chi connectivity index (χ1v) is 5.98. The van der Waals surface area contributed by atoms with Gasteiger partial charge in [-0.05, 0) is 5.92 Å². The largest absolute Gasteiger partial charge is 0.383 e. The zero-order chi connectivity index (χ0) is 13.3. The average Bonchev–Trinajstić information content (AvgIpc) is 2.23. The molecule has 0 aliphatic heterocycles. The number of hydrogen-bond acceptors (Lipinski definition) is 3. The van der Waals surface area contributed by atoms with Gasteiger partial charge in [0.15, 0.2) is 0 Å². The summed E-state index contributed by atoms with van der Waals surface area (Å²) in [5, 5.41) is 2.73. The van der Waals surface area contributed by atoms with Gasteiger partial charge in [-0.15, -0.1) is 0 Å². The lowest BCUT2D eigenvalue weighted by Gasteiger charge is -2.22. The number of methoxy groups -OCH3 is 1. The Balaban J connectivity index is 3.87. The van der Waals surface area contributed by atoms with Crippen molar-refractivity contribution in [2.24, 2.45) is 5.92 Å². The summed E-state index contributed by atoms with van der Waals surface area (Å²) in [6, 6.07) is 0. The highest BCUT2D eigenvalue weighted by molar-refractivity contribution is 5.77. The van der Waals surface area contributed by atoms with Crippen LogP contribution in [-0.2, 0) is 14.3 Å². The minimum Gasteiger partial charge on any atom is -0.383 e. The van der Waals surface area contributed by atoms with E-state index < -0.39 is 0 Å². The van der Waals surface area contributed by atoms with Gasteiger partial charge in [0.25, 0.3) is 0 Å². The number of hydrogen-bond donors (Lipinski definition) is 1. The molecule has 5 nitrogen and oxygen atoms in total. The molecule has 0 saturated heterocycles. The quantitative estimate of drug-likeness (QED) is 0.638. The predicted octanol–water partition coefficient (Wildman–Crippen LogP) is 0.644. The Morgan fingerprint density at radius 1 is 1.35 bits per heavy atom. The Morgan fingerprint density at radius 3 is 2.47 bits per heavy atom. The fraction of sp³-hybridized carbons (Fsp3) is 0.833. The first-order chi connectivity index (χ1) is 7.97. The number of carbonyl (C=O) groups excluding carboxylic acids is 2. The van der Waals surface area contributed by atoms with E-state index in [0.29, 0.717) is 38.6 Å². The molecule has 2 amide bonds. The third-order valence-electron chi connectivity index (χ3n) is 2.27. The molecule has 0 fully saturated rings. The van der Waals surface area contributed by atoms with Crippen molar-refractivity contribution in [3.63, 3.8) is 0 Å². The van der Waals surface area contributed by atoms with Crippen molar-refractivity contribution in [3.8, 4) is 0 Å². The molecule has 0 rings (SSSR count). The van der Waals surface area contributed by atoms with E-state index in [1.54, 1.807) is 12.0 Å². The molecule has 0 spiro atoms. The Hall–Kier alpha value is -1.10. The van der Waals surface area contributed by atoms with Crippen LogP contribution in [0.4, 0.5) is 0 Å². The Labute approximate surface area is 103 Å². The van der Waals surface area contributed by atoms with Crippen LogP contribution in [-0.4, -0.2) is 50.1 Å². The van der Waals surface area contributed by atoms with Crippen LogP contribution in [0.15, 0.2) is 0 Å². The highest BCUT2D eigenvalue weighted by Gasteiger charge is 2.12. The number of nitrogens with zero attached hydrogens (tertiary/aromatic N) is 1. The van der Waals surface area contributed by atoms with Gasteiger partial charge in [0.1, 0.15) is 0 Å². The van der Waals surface area contributed by atoms with Gasteiger partial charge in [-0.1, -0.05) is 13.8 Å². The standard InChI is InChI=1S/C12H24N2O3/c1-10(2)9-14(11(3)15)7-5-12(16)13-6-8-17-4/h10H,5-9H2,1-4H3,(H,13,16). The van der Waals surface area contributed by atoms with Crippen LogP contribution < -0.4 is 5.32 Å². The van der Waals surface area contributed by atoms with Gasteiger partial charge in [0, 0.05) is 40.1 Å². The zero-order valence-corrected chi connectivity index (χ0v) is 11.3. The number of nitrogens with one attached hydrogen (secondary N) is 1. The first-order valence-electron chi connectivity index (χ1n) is 5.98. The van der Waals surface area contributed by atoms with Gasteiger partial charge >= 0.3 is 0 Å². The lowest BCUT2D eigenvalue weighted by molar-refractivity contribution is -0.130. The molecule has 0 aliphatic carbocycles. The summed E-state index contributed by atoms with van der Waals surface area (Å²) in [5.74, 6) is 0.385.